The van der Waals surface area contributed by atoms with Crippen LogP contribution >= 0.6 is 0 Å². The standard InChI is InChI=1S/C17H15F3N2O/c1-21-9-8-14-15(21)13(7-10-22(2)16(14)23)11-3-5-12(6-4-11)17(18,19)20/h3-9H,10H2,1-2H3. The minimum Gasteiger partial charge on any atom is -0.350 e. The number of amides is 1. The van der Waals surface area contributed by atoms with Crippen LogP contribution in [-0.4, -0.2) is 29.0 Å². The van der Waals surface area contributed by atoms with E-state index in [1.54, 1.807) is 24.2 Å². The third-order valence-electron chi connectivity index (χ3n) is 4.00. The van der Waals surface area contributed by atoms with Crippen molar-refractivity contribution in [2.75, 3.05) is 13.6 Å². The van der Waals surface area contributed by atoms with Gasteiger partial charge in [0.05, 0.1) is 16.8 Å². The van der Waals surface area contributed by atoms with Crippen LogP contribution in [0.25, 0.3) is 5.57 Å². The fourth-order valence-electron chi connectivity index (χ4n) is 2.74. The maximum Gasteiger partial charge on any atom is 0.416 e. The van der Waals surface area contributed by atoms with Crippen LogP contribution in [-0.2, 0) is 13.2 Å². The second kappa shape index (κ2) is 5.30. The van der Waals surface area contributed by atoms with Crippen LogP contribution in [0.3, 0.4) is 0 Å². The number of fused-ring (bicyclic) bond motifs is 1. The van der Waals surface area contributed by atoms with Crippen molar-refractivity contribution >= 4 is 11.5 Å². The summed E-state index contributed by atoms with van der Waals surface area (Å²) in [6.45, 7) is 0.407. The monoisotopic (exact) mass is 320 g/mol. The van der Waals surface area contributed by atoms with E-state index in [2.05, 4.69) is 0 Å². The van der Waals surface area contributed by atoms with Crippen molar-refractivity contribution in [2.45, 2.75) is 6.18 Å². The van der Waals surface area contributed by atoms with Gasteiger partial charge < -0.3 is 9.47 Å². The second-order valence-electron chi connectivity index (χ2n) is 5.57. The number of rotatable bonds is 1. The van der Waals surface area contributed by atoms with Crippen molar-refractivity contribution in [3.8, 4) is 0 Å². The summed E-state index contributed by atoms with van der Waals surface area (Å²) in [4.78, 5) is 13.9. The summed E-state index contributed by atoms with van der Waals surface area (Å²) in [6.07, 6.45) is -0.714. The van der Waals surface area contributed by atoms with Crippen LogP contribution in [0.15, 0.2) is 42.6 Å². The summed E-state index contributed by atoms with van der Waals surface area (Å²) in [5.41, 5.74) is 2.01. The largest absolute Gasteiger partial charge is 0.416 e. The van der Waals surface area contributed by atoms with Crippen LogP contribution in [0.4, 0.5) is 13.2 Å². The van der Waals surface area contributed by atoms with Crippen molar-refractivity contribution in [3.05, 3.63) is 65.0 Å². The summed E-state index contributed by atoms with van der Waals surface area (Å²) in [5.74, 6) is -0.0984. The van der Waals surface area contributed by atoms with Crippen LogP contribution in [0, 0.1) is 0 Å². The molecule has 1 aromatic carbocycles. The molecule has 0 saturated carbocycles. The third-order valence-corrected chi connectivity index (χ3v) is 4.00. The zero-order valence-electron chi connectivity index (χ0n) is 12.7. The molecule has 1 aliphatic heterocycles. The third kappa shape index (κ3) is 2.65. The molecule has 6 heteroatoms. The Morgan fingerprint density at radius 3 is 2.30 bits per heavy atom. The number of aryl methyl sites for hydroxylation is 1. The SMILES string of the molecule is CN1CC=C(c2ccc(C(F)(F)F)cc2)c2c(ccn2C)C1=O. The van der Waals surface area contributed by atoms with E-state index in [9.17, 15) is 18.0 Å². The number of carbonyl (C=O) groups excluding carboxylic acids is 1. The molecule has 3 nitrogen and oxygen atoms in total. The first-order valence-corrected chi connectivity index (χ1v) is 7.08. The second-order valence-corrected chi connectivity index (χ2v) is 5.57. The van der Waals surface area contributed by atoms with Crippen molar-refractivity contribution in [1.82, 2.24) is 9.47 Å². The molecule has 23 heavy (non-hydrogen) atoms. The van der Waals surface area contributed by atoms with E-state index < -0.39 is 11.7 Å². The topological polar surface area (TPSA) is 25.2 Å². The van der Waals surface area contributed by atoms with Crippen molar-refractivity contribution in [1.29, 1.82) is 0 Å². The molecule has 0 fully saturated rings. The lowest BCUT2D eigenvalue weighted by molar-refractivity contribution is -0.137. The lowest BCUT2D eigenvalue weighted by Gasteiger charge is -2.12. The molecule has 120 valence electrons. The van der Waals surface area contributed by atoms with Crippen LogP contribution in [0.2, 0.25) is 0 Å². The Labute approximate surface area is 131 Å². The van der Waals surface area contributed by atoms with Gasteiger partial charge >= 0.3 is 6.18 Å². The van der Waals surface area contributed by atoms with Gasteiger partial charge in [-0.1, -0.05) is 18.2 Å². The maximum atomic E-state index is 12.7. The fraction of sp³-hybridized carbons (Fsp3) is 0.235. The zero-order chi connectivity index (χ0) is 16.8. The van der Waals surface area contributed by atoms with Crippen LogP contribution in [0.1, 0.15) is 27.2 Å². The molecular formula is C17H15F3N2O. The Balaban J connectivity index is 2.10. The minimum atomic E-state index is -4.36. The summed E-state index contributed by atoms with van der Waals surface area (Å²) in [7, 11) is 3.51. The Kier molecular flexibility index (Phi) is 3.55. The number of alkyl halides is 3. The highest BCUT2D eigenvalue weighted by Gasteiger charge is 2.30. The lowest BCUT2D eigenvalue weighted by atomic mass is 9.98. The van der Waals surface area contributed by atoms with Gasteiger partial charge in [0.1, 0.15) is 0 Å². The minimum absolute atomic E-state index is 0.0984. The predicted molar refractivity (Wildman–Crippen MR) is 80.9 cm³/mol. The Hall–Kier alpha value is -2.50. The van der Waals surface area contributed by atoms with E-state index in [-0.39, 0.29) is 5.91 Å². The summed E-state index contributed by atoms with van der Waals surface area (Å²) < 4.78 is 40.0. The van der Waals surface area contributed by atoms with Gasteiger partial charge in [-0.15, -0.1) is 0 Å². The van der Waals surface area contributed by atoms with E-state index in [0.717, 1.165) is 23.4 Å². The predicted octanol–water partition coefficient (Wildman–Crippen LogP) is 3.56. The zero-order valence-corrected chi connectivity index (χ0v) is 12.7. The maximum absolute atomic E-state index is 12.7. The van der Waals surface area contributed by atoms with E-state index >= 15 is 0 Å². The molecule has 1 aliphatic rings. The molecule has 0 unspecified atom stereocenters. The number of hydrogen-bond acceptors (Lipinski definition) is 1. The molecule has 0 bridgehead atoms. The molecule has 1 aromatic heterocycles. The number of halogens is 3. The van der Waals surface area contributed by atoms with Gasteiger partial charge in [-0.2, -0.15) is 13.2 Å². The highest BCUT2D eigenvalue weighted by Crippen LogP contribution is 2.33. The van der Waals surface area contributed by atoms with Crippen molar-refractivity contribution in [3.63, 3.8) is 0 Å². The fourth-order valence-corrected chi connectivity index (χ4v) is 2.74. The highest BCUT2D eigenvalue weighted by molar-refractivity contribution is 6.01. The molecule has 2 aromatic rings. The van der Waals surface area contributed by atoms with Gasteiger partial charge in [-0.3, -0.25) is 4.79 Å². The van der Waals surface area contributed by atoms with E-state index in [1.165, 1.54) is 12.1 Å². The van der Waals surface area contributed by atoms with E-state index in [1.807, 2.05) is 17.7 Å². The van der Waals surface area contributed by atoms with Gasteiger partial charge in [-0.05, 0) is 23.8 Å². The Morgan fingerprint density at radius 2 is 1.70 bits per heavy atom. The molecule has 0 N–H and O–H groups in total. The molecule has 0 atom stereocenters. The van der Waals surface area contributed by atoms with Crippen molar-refractivity contribution < 1.29 is 18.0 Å². The quantitative estimate of drug-likeness (QED) is 0.789. The van der Waals surface area contributed by atoms with Gasteiger partial charge in [0, 0.05) is 32.4 Å². The summed E-state index contributed by atoms with van der Waals surface area (Å²) >= 11 is 0. The van der Waals surface area contributed by atoms with Gasteiger partial charge in [0.15, 0.2) is 0 Å². The van der Waals surface area contributed by atoms with E-state index in [0.29, 0.717) is 17.7 Å². The Morgan fingerprint density at radius 1 is 1.04 bits per heavy atom. The Bertz CT molecular complexity index is 785. The van der Waals surface area contributed by atoms with E-state index in [4.69, 9.17) is 0 Å². The molecule has 0 aliphatic carbocycles. The number of hydrogen-bond donors (Lipinski definition) is 0. The lowest BCUT2D eigenvalue weighted by Crippen LogP contribution is -2.25. The molecule has 0 radical (unpaired) electrons. The first kappa shape index (κ1) is 15.4. The summed E-state index contributed by atoms with van der Waals surface area (Å²) in [5, 5.41) is 0. The molecule has 0 saturated heterocycles. The molecule has 3 rings (SSSR count). The molecular weight excluding hydrogens is 305 g/mol. The number of nitrogens with zero attached hydrogens (tertiary/aromatic N) is 2. The smallest absolute Gasteiger partial charge is 0.350 e. The first-order valence-electron chi connectivity index (χ1n) is 7.08. The number of benzene rings is 1. The van der Waals surface area contributed by atoms with Gasteiger partial charge in [0.2, 0.25) is 0 Å². The van der Waals surface area contributed by atoms with Crippen LogP contribution < -0.4 is 0 Å². The molecule has 2 heterocycles. The molecule has 1 amide bonds. The molecule has 0 spiro atoms. The number of carbonyl (C=O) groups is 1. The average molecular weight is 320 g/mol. The van der Waals surface area contributed by atoms with Gasteiger partial charge in [0.25, 0.3) is 5.91 Å². The average Bonchev–Trinajstić information content (AvgIpc) is 2.82. The number of likely N-dealkylation sites (N-methyl/N-ethyl adjacent to an activating group) is 1. The first-order chi connectivity index (χ1) is 10.8. The summed E-state index contributed by atoms with van der Waals surface area (Å²) in [6, 6.07) is 6.75. The highest BCUT2D eigenvalue weighted by atomic mass is 19.4. The van der Waals surface area contributed by atoms with Crippen molar-refractivity contribution in [2.24, 2.45) is 7.05 Å². The van der Waals surface area contributed by atoms with Crippen LogP contribution in [0.5, 0.6) is 0 Å². The van der Waals surface area contributed by atoms with Gasteiger partial charge in [-0.25, -0.2) is 0 Å². The number of aromatic nitrogens is 1. The normalized spacial score (nSPS) is 15.3.